The van der Waals surface area contributed by atoms with Gasteiger partial charge >= 0.3 is 6.18 Å². The summed E-state index contributed by atoms with van der Waals surface area (Å²) in [6.45, 7) is 1.47. The van der Waals surface area contributed by atoms with Crippen molar-refractivity contribution in [2.75, 3.05) is 13.1 Å². The van der Waals surface area contributed by atoms with Crippen LogP contribution >= 0.6 is 0 Å². The first-order valence-electron chi connectivity index (χ1n) is 7.06. The Balaban J connectivity index is 1.93. The van der Waals surface area contributed by atoms with Crippen molar-refractivity contribution >= 4 is 5.91 Å². The van der Waals surface area contributed by atoms with Crippen LogP contribution in [0, 0.1) is 11.8 Å². The van der Waals surface area contributed by atoms with E-state index in [1.54, 1.807) is 0 Å². The summed E-state index contributed by atoms with van der Waals surface area (Å²) in [4.78, 5) is 12.0. The van der Waals surface area contributed by atoms with E-state index >= 15 is 0 Å². The van der Waals surface area contributed by atoms with Gasteiger partial charge in [-0.25, -0.2) is 0 Å². The number of alkyl halides is 3. The molecule has 1 saturated heterocycles. The summed E-state index contributed by atoms with van der Waals surface area (Å²) < 4.78 is 38.8. The minimum atomic E-state index is -4.21. The number of rotatable bonds is 2. The van der Waals surface area contributed by atoms with Gasteiger partial charge in [-0.2, -0.15) is 13.2 Å². The maximum Gasteiger partial charge on any atom is 0.393 e. The maximum atomic E-state index is 12.9. The first-order valence-corrected chi connectivity index (χ1v) is 7.06. The van der Waals surface area contributed by atoms with Crippen LogP contribution in [-0.2, 0) is 4.79 Å². The first-order chi connectivity index (χ1) is 8.98. The molecule has 1 aliphatic carbocycles. The fourth-order valence-electron chi connectivity index (χ4n) is 3.07. The first kappa shape index (κ1) is 14.6. The molecule has 2 fully saturated rings. The third kappa shape index (κ3) is 3.84. The van der Waals surface area contributed by atoms with Gasteiger partial charge in [-0.3, -0.25) is 4.79 Å². The van der Waals surface area contributed by atoms with Crippen molar-refractivity contribution in [2.45, 2.75) is 50.7 Å². The number of hydrogen-bond donors (Lipinski definition) is 2. The van der Waals surface area contributed by atoms with Crippen molar-refractivity contribution in [1.29, 1.82) is 0 Å². The van der Waals surface area contributed by atoms with Crippen LogP contribution in [0.1, 0.15) is 38.5 Å². The predicted octanol–water partition coefficient (Wildman–Crippen LogP) is 2.22. The average molecular weight is 278 g/mol. The van der Waals surface area contributed by atoms with Crippen LogP contribution in [0.4, 0.5) is 13.2 Å². The van der Waals surface area contributed by atoms with E-state index in [4.69, 9.17) is 0 Å². The molecule has 2 aliphatic rings. The van der Waals surface area contributed by atoms with Crippen LogP contribution in [0.2, 0.25) is 0 Å². The Morgan fingerprint density at radius 1 is 1.11 bits per heavy atom. The van der Waals surface area contributed by atoms with Gasteiger partial charge in [0.1, 0.15) is 0 Å². The summed E-state index contributed by atoms with van der Waals surface area (Å²) in [6, 6.07) is -0.733. The van der Waals surface area contributed by atoms with Gasteiger partial charge in [0.05, 0.1) is 11.8 Å². The Bertz CT molecular complexity index is 314. The Morgan fingerprint density at radius 2 is 1.84 bits per heavy atom. The largest absolute Gasteiger partial charge is 0.393 e. The Kier molecular flexibility index (Phi) is 4.71. The molecule has 19 heavy (non-hydrogen) atoms. The quantitative estimate of drug-likeness (QED) is 0.813. The van der Waals surface area contributed by atoms with Crippen molar-refractivity contribution < 1.29 is 18.0 Å². The molecule has 0 bridgehead atoms. The van der Waals surface area contributed by atoms with E-state index in [-0.39, 0.29) is 18.2 Å². The second kappa shape index (κ2) is 6.11. The van der Waals surface area contributed by atoms with E-state index in [2.05, 4.69) is 10.6 Å². The molecule has 1 heterocycles. The second-order valence-electron chi connectivity index (χ2n) is 5.59. The Morgan fingerprint density at radius 3 is 2.47 bits per heavy atom. The lowest BCUT2D eigenvalue weighted by molar-refractivity contribution is -0.189. The van der Waals surface area contributed by atoms with Crippen molar-refractivity contribution in [3.05, 3.63) is 0 Å². The highest BCUT2D eigenvalue weighted by atomic mass is 19.4. The molecule has 1 saturated carbocycles. The fraction of sp³-hybridized carbons (Fsp3) is 0.923. The molecule has 2 rings (SSSR count). The Hall–Kier alpha value is -0.780. The summed E-state index contributed by atoms with van der Waals surface area (Å²) in [6.07, 6.45) is -0.591. The minimum Gasteiger partial charge on any atom is -0.352 e. The molecule has 0 aromatic heterocycles. The molecule has 3 nitrogen and oxygen atoms in total. The molecule has 3 atom stereocenters. The predicted molar refractivity (Wildman–Crippen MR) is 65.5 cm³/mol. The highest BCUT2D eigenvalue weighted by Crippen LogP contribution is 2.37. The van der Waals surface area contributed by atoms with Gasteiger partial charge in [-0.1, -0.05) is 12.8 Å². The lowest BCUT2D eigenvalue weighted by Gasteiger charge is -2.34. The molecular weight excluding hydrogens is 257 g/mol. The zero-order valence-corrected chi connectivity index (χ0v) is 10.9. The number of nitrogens with one attached hydrogen (secondary N) is 2. The van der Waals surface area contributed by atoms with E-state index in [0.29, 0.717) is 19.4 Å². The van der Waals surface area contributed by atoms with Gasteiger partial charge in [-0.05, 0) is 32.2 Å². The molecule has 1 amide bonds. The number of piperidine rings is 1. The molecule has 6 heteroatoms. The van der Waals surface area contributed by atoms with Crippen molar-refractivity contribution in [2.24, 2.45) is 11.8 Å². The molecule has 2 unspecified atom stereocenters. The van der Waals surface area contributed by atoms with Crippen LogP contribution in [0.3, 0.4) is 0 Å². The number of carbonyl (C=O) groups excluding carboxylic acids is 1. The Labute approximate surface area is 111 Å². The molecular formula is C13H21F3N2O. The molecule has 0 radical (unpaired) electrons. The third-order valence-corrected chi connectivity index (χ3v) is 4.18. The maximum absolute atomic E-state index is 12.9. The highest BCUT2D eigenvalue weighted by molar-refractivity contribution is 5.79. The van der Waals surface area contributed by atoms with Crippen LogP contribution in [0.5, 0.6) is 0 Å². The standard InChI is InChI=1S/C13H21F3N2O/c14-13(15,16)10-5-1-2-6-11(10)18-12(19)9-4-3-7-17-8-9/h9-11,17H,1-8H2,(H,18,19)/t9-,10?,11?/m1/s1. The van der Waals surface area contributed by atoms with Crippen LogP contribution in [-0.4, -0.2) is 31.2 Å². The summed E-state index contributed by atoms with van der Waals surface area (Å²) in [7, 11) is 0. The molecule has 0 aromatic carbocycles. The van der Waals surface area contributed by atoms with Crippen LogP contribution < -0.4 is 10.6 Å². The van der Waals surface area contributed by atoms with Crippen molar-refractivity contribution in [3.63, 3.8) is 0 Å². The summed E-state index contributed by atoms with van der Waals surface area (Å²) >= 11 is 0. The lowest BCUT2D eigenvalue weighted by Crippen LogP contribution is -2.51. The van der Waals surface area contributed by atoms with Crippen LogP contribution in [0.25, 0.3) is 0 Å². The zero-order chi connectivity index (χ0) is 13.9. The monoisotopic (exact) mass is 278 g/mol. The lowest BCUT2D eigenvalue weighted by atomic mass is 9.83. The topological polar surface area (TPSA) is 41.1 Å². The number of amides is 1. The van der Waals surface area contributed by atoms with Crippen molar-refractivity contribution in [3.8, 4) is 0 Å². The van der Waals surface area contributed by atoms with E-state index in [9.17, 15) is 18.0 Å². The van der Waals surface area contributed by atoms with Crippen LogP contribution in [0.15, 0.2) is 0 Å². The summed E-state index contributed by atoms with van der Waals surface area (Å²) in [5.74, 6) is -1.76. The molecule has 0 spiro atoms. The second-order valence-corrected chi connectivity index (χ2v) is 5.59. The molecule has 1 aliphatic heterocycles. The van der Waals surface area contributed by atoms with E-state index in [0.717, 1.165) is 25.8 Å². The third-order valence-electron chi connectivity index (χ3n) is 4.18. The minimum absolute atomic E-state index is 0.136. The van der Waals surface area contributed by atoms with Gasteiger partial charge < -0.3 is 10.6 Å². The highest BCUT2D eigenvalue weighted by Gasteiger charge is 2.46. The van der Waals surface area contributed by atoms with E-state index in [1.807, 2.05) is 0 Å². The number of hydrogen-bond acceptors (Lipinski definition) is 2. The number of carbonyl (C=O) groups is 1. The van der Waals surface area contributed by atoms with E-state index < -0.39 is 18.1 Å². The summed E-state index contributed by atoms with van der Waals surface area (Å²) in [5, 5.41) is 5.76. The van der Waals surface area contributed by atoms with Gasteiger partial charge in [0.25, 0.3) is 0 Å². The smallest absolute Gasteiger partial charge is 0.352 e. The average Bonchev–Trinajstić information content (AvgIpc) is 2.39. The van der Waals surface area contributed by atoms with Crippen molar-refractivity contribution in [1.82, 2.24) is 10.6 Å². The van der Waals surface area contributed by atoms with Gasteiger partial charge in [0.15, 0.2) is 0 Å². The summed E-state index contributed by atoms with van der Waals surface area (Å²) in [5.41, 5.74) is 0. The van der Waals surface area contributed by atoms with Gasteiger partial charge in [0, 0.05) is 12.6 Å². The zero-order valence-electron chi connectivity index (χ0n) is 10.9. The normalized spacial score (nSPS) is 32.9. The number of halogens is 3. The van der Waals surface area contributed by atoms with Gasteiger partial charge in [-0.15, -0.1) is 0 Å². The molecule has 0 aromatic rings. The van der Waals surface area contributed by atoms with E-state index in [1.165, 1.54) is 0 Å². The molecule has 2 N–H and O–H groups in total. The fourth-order valence-corrected chi connectivity index (χ4v) is 3.07. The SMILES string of the molecule is O=C(NC1CCCCC1C(F)(F)F)[C@@H]1CCCNC1. The van der Waals surface area contributed by atoms with Gasteiger partial charge in [0.2, 0.25) is 5.91 Å². The molecule has 110 valence electrons.